The first-order valence-electron chi connectivity index (χ1n) is 6.83. The number of carboxylic acids is 1. The maximum Gasteiger partial charge on any atom is 0.307 e. The smallest absolute Gasteiger partial charge is 0.307 e. The normalized spacial score (nSPS) is 12.6. The molecule has 1 atom stereocenters. The largest absolute Gasteiger partial charge is 0.481 e. The molecule has 0 heterocycles. The van der Waals surface area contributed by atoms with Crippen LogP contribution in [-0.4, -0.2) is 47.3 Å². The van der Waals surface area contributed by atoms with E-state index >= 15 is 0 Å². The van der Waals surface area contributed by atoms with E-state index < -0.39 is 11.9 Å². The lowest BCUT2D eigenvalue weighted by molar-refractivity contribution is -0.141. The summed E-state index contributed by atoms with van der Waals surface area (Å²) < 4.78 is 12.8. The fourth-order valence-corrected chi connectivity index (χ4v) is 1.99. The lowest BCUT2D eigenvalue weighted by Crippen LogP contribution is -2.34. The van der Waals surface area contributed by atoms with Crippen molar-refractivity contribution in [3.8, 4) is 0 Å². The van der Waals surface area contributed by atoms with E-state index in [2.05, 4.69) is 0 Å². The molecule has 0 aliphatic rings. The van der Waals surface area contributed by atoms with Crippen LogP contribution in [0.5, 0.6) is 0 Å². The first-order valence-corrected chi connectivity index (χ1v) is 6.83. The van der Waals surface area contributed by atoms with E-state index in [1.807, 2.05) is 4.90 Å². The van der Waals surface area contributed by atoms with Gasteiger partial charge in [0.1, 0.15) is 5.82 Å². The molecule has 112 valence electrons. The molecule has 0 saturated heterocycles. The topological polar surface area (TPSA) is 60.8 Å². The average molecular weight is 283 g/mol. The standard InChI is InChI=1S/C15H22FNO3/c1-12(15(19)20)11-17(8-2-10-18)9-7-13-3-5-14(16)6-4-13/h3-6,12,18H,2,7-11H2,1H3,(H,19,20). The summed E-state index contributed by atoms with van der Waals surface area (Å²) in [5.41, 5.74) is 1.02. The van der Waals surface area contributed by atoms with Crippen LogP contribution in [0, 0.1) is 11.7 Å². The number of carboxylic acid groups (broad SMARTS) is 1. The summed E-state index contributed by atoms with van der Waals surface area (Å²) in [7, 11) is 0. The van der Waals surface area contributed by atoms with E-state index in [1.165, 1.54) is 12.1 Å². The van der Waals surface area contributed by atoms with Gasteiger partial charge in [0, 0.05) is 26.2 Å². The molecular formula is C15H22FNO3. The van der Waals surface area contributed by atoms with E-state index in [4.69, 9.17) is 10.2 Å². The molecule has 20 heavy (non-hydrogen) atoms. The predicted molar refractivity (Wildman–Crippen MR) is 75.0 cm³/mol. The van der Waals surface area contributed by atoms with Gasteiger partial charge in [0.15, 0.2) is 0 Å². The zero-order valence-electron chi connectivity index (χ0n) is 11.8. The number of hydrogen-bond donors (Lipinski definition) is 2. The Balaban J connectivity index is 2.50. The molecule has 1 unspecified atom stereocenters. The number of aliphatic hydroxyl groups excluding tert-OH is 1. The second-order valence-corrected chi connectivity index (χ2v) is 4.99. The summed E-state index contributed by atoms with van der Waals surface area (Å²) in [4.78, 5) is 12.9. The molecule has 0 saturated carbocycles. The molecule has 0 aliphatic carbocycles. The van der Waals surface area contributed by atoms with Gasteiger partial charge in [0.25, 0.3) is 0 Å². The molecule has 1 aromatic rings. The maximum atomic E-state index is 12.8. The van der Waals surface area contributed by atoms with Gasteiger partial charge in [-0.15, -0.1) is 0 Å². The lowest BCUT2D eigenvalue weighted by Gasteiger charge is -2.23. The number of nitrogens with zero attached hydrogens (tertiary/aromatic N) is 1. The zero-order chi connectivity index (χ0) is 15.0. The minimum absolute atomic E-state index is 0.0918. The summed E-state index contributed by atoms with van der Waals surface area (Å²) in [6.07, 6.45) is 1.35. The van der Waals surface area contributed by atoms with Gasteiger partial charge in [-0.3, -0.25) is 4.79 Å². The van der Waals surface area contributed by atoms with Crippen LogP contribution in [0.4, 0.5) is 4.39 Å². The number of aliphatic carboxylic acids is 1. The van der Waals surface area contributed by atoms with Crippen LogP contribution in [0.3, 0.4) is 0 Å². The third-order valence-corrected chi connectivity index (χ3v) is 3.22. The minimum Gasteiger partial charge on any atom is -0.481 e. The molecule has 0 radical (unpaired) electrons. The Morgan fingerprint density at radius 1 is 1.30 bits per heavy atom. The molecule has 4 nitrogen and oxygen atoms in total. The molecule has 0 amide bonds. The fraction of sp³-hybridized carbons (Fsp3) is 0.533. The number of benzene rings is 1. The van der Waals surface area contributed by atoms with Gasteiger partial charge in [-0.1, -0.05) is 19.1 Å². The Labute approximate surface area is 118 Å². The van der Waals surface area contributed by atoms with Gasteiger partial charge < -0.3 is 15.1 Å². The van der Waals surface area contributed by atoms with Gasteiger partial charge in [-0.25, -0.2) is 4.39 Å². The average Bonchev–Trinajstić information content (AvgIpc) is 2.43. The van der Waals surface area contributed by atoms with Crippen LogP contribution < -0.4 is 0 Å². The van der Waals surface area contributed by atoms with Crippen molar-refractivity contribution in [1.29, 1.82) is 0 Å². The highest BCUT2D eigenvalue weighted by Crippen LogP contribution is 2.07. The Hall–Kier alpha value is -1.46. The number of aliphatic hydroxyl groups is 1. The number of hydrogen-bond acceptors (Lipinski definition) is 3. The number of carbonyl (C=O) groups is 1. The van der Waals surface area contributed by atoms with Crippen molar-refractivity contribution in [3.63, 3.8) is 0 Å². The van der Waals surface area contributed by atoms with E-state index in [0.717, 1.165) is 12.0 Å². The zero-order valence-corrected chi connectivity index (χ0v) is 11.8. The highest BCUT2D eigenvalue weighted by atomic mass is 19.1. The molecular weight excluding hydrogens is 261 g/mol. The molecule has 1 aromatic carbocycles. The molecule has 0 aliphatic heterocycles. The van der Waals surface area contributed by atoms with Crippen LogP contribution in [0.1, 0.15) is 18.9 Å². The minimum atomic E-state index is -0.819. The molecule has 0 bridgehead atoms. The van der Waals surface area contributed by atoms with Gasteiger partial charge >= 0.3 is 5.97 Å². The van der Waals surface area contributed by atoms with Crippen LogP contribution >= 0.6 is 0 Å². The molecule has 2 N–H and O–H groups in total. The van der Waals surface area contributed by atoms with Gasteiger partial charge in [-0.2, -0.15) is 0 Å². The summed E-state index contributed by atoms with van der Waals surface area (Å²) >= 11 is 0. The van der Waals surface area contributed by atoms with Crippen LogP contribution in [0.2, 0.25) is 0 Å². The fourth-order valence-electron chi connectivity index (χ4n) is 1.99. The molecule has 0 aromatic heterocycles. The summed E-state index contributed by atoms with van der Waals surface area (Å²) in [5, 5.41) is 17.8. The van der Waals surface area contributed by atoms with E-state index in [-0.39, 0.29) is 12.4 Å². The van der Waals surface area contributed by atoms with E-state index in [0.29, 0.717) is 26.1 Å². The quantitative estimate of drug-likeness (QED) is 0.725. The first kappa shape index (κ1) is 16.6. The van der Waals surface area contributed by atoms with Crippen molar-refractivity contribution in [1.82, 2.24) is 4.90 Å². The van der Waals surface area contributed by atoms with Crippen molar-refractivity contribution in [2.75, 3.05) is 26.2 Å². The van der Waals surface area contributed by atoms with Crippen molar-refractivity contribution in [3.05, 3.63) is 35.6 Å². The van der Waals surface area contributed by atoms with E-state index in [1.54, 1.807) is 19.1 Å². The second-order valence-electron chi connectivity index (χ2n) is 4.99. The second kappa shape index (κ2) is 8.66. The molecule has 1 rings (SSSR count). The van der Waals surface area contributed by atoms with Crippen molar-refractivity contribution in [2.24, 2.45) is 5.92 Å². The number of halogens is 1. The molecule has 5 heteroatoms. The monoisotopic (exact) mass is 283 g/mol. The lowest BCUT2D eigenvalue weighted by atomic mass is 10.1. The summed E-state index contributed by atoms with van der Waals surface area (Å²) in [6.45, 7) is 3.58. The Morgan fingerprint density at radius 3 is 2.50 bits per heavy atom. The van der Waals surface area contributed by atoms with Gasteiger partial charge in [0.05, 0.1) is 5.92 Å². The third kappa shape index (κ3) is 6.12. The Morgan fingerprint density at radius 2 is 1.95 bits per heavy atom. The number of rotatable bonds is 9. The summed E-state index contributed by atoms with van der Waals surface area (Å²) in [6, 6.07) is 6.32. The predicted octanol–water partition coefficient (Wildman–Crippen LogP) is 1.77. The first-order chi connectivity index (χ1) is 9.52. The van der Waals surface area contributed by atoms with Crippen LogP contribution in [0.25, 0.3) is 0 Å². The third-order valence-electron chi connectivity index (χ3n) is 3.22. The SMILES string of the molecule is CC(CN(CCCO)CCc1ccc(F)cc1)C(=O)O. The molecule has 0 fully saturated rings. The van der Waals surface area contributed by atoms with Crippen LogP contribution in [-0.2, 0) is 11.2 Å². The van der Waals surface area contributed by atoms with Crippen molar-refractivity contribution >= 4 is 5.97 Å². The highest BCUT2D eigenvalue weighted by molar-refractivity contribution is 5.69. The summed E-state index contributed by atoms with van der Waals surface area (Å²) in [5.74, 6) is -1.52. The van der Waals surface area contributed by atoms with Crippen LogP contribution in [0.15, 0.2) is 24.3 Å². The Bertz CT molecular complexity index is 408. The van der Waals surface area contributed by atoms with Gasteiger partial charge in [-0.05, 0) is 30.5 Å². The van der Waals surface area contributed by atoms with Crippen molar-refractivity contribution in [2.45, 2.75) is 19.8 Å². The Kier molecular flexibility index (Phi) is 7.18. The molecule has 0 spiro atoms. The van der Waals surface area contributed by atoms with E-state index in [9.17, 15) is 9.18 Å². The maximum absolute atomic E-state index is 12.8. The van der Waals surface area contributed by atoms with Gasteiger partial charge in [0.2, 0.25) is 0 Å². The highest BCUT2D eigenvalue weighted by Gasteiger charge is 2.15. The van der Waals surface area contributed by atoms with Crippen molar-refractivity contribution < 1.29 is 19.4 Å².